The average molecular weight is 289 g/mol. The van der Waals surface area contributed by atoms with E-state index in [2.05, 4.69) is 20.7 Å². The minimum Gasteiger partial charge on any atom is -0.469 e. The van der Waals surface area contributed by atoms with Crippen molar-refractivity contribution < 1.29 is 9.21 Å². The fraction of sp³-hybridized carbons (Fsp3) is 0.500. The van der Waals surface area contributed by atoms with Gasteiger partial charge >= 0.3 is 0 Å². The molecule has 1 fully saturated rings. The van der Waals surface area contributed by atoms with Crippen LogP contribution < -0.4 is 10.6 Å². The molecular formula is C14H19N5O2. The van der Waals surface area contributed by atoms with Gasteiger partial charge in [0.05, 0.1) is 11.8 Å². The van der Waals surface area contributed by atoms with Gasteiger partial charge in [0.15, 0.2) is 5.82 Å². The number of aryl methyl sites for hydroxylation is 2. The normalized spacial score (nSPS) is 16.1. The molecule has 2 aromatic rings. The van der Waals surface area contributed by atoms with Crippen LogP contribution in [0.4, 0.5) is 5.95 Å². The summed E-state index contributed by atoms with van der Waals surface area (Å²) in [6.45, 7) is 3.73. The van der Waals surface area contributed by atoms with Crippen molar-refractivity contribution in [3.8, 4) is 0 Å². The van der Waals surface area contributed by atoms with Gasteiger partial charge < -0.3 is 9.73 Å². The molecule has 0 bridgehead atoms. The van der Waals surface area contributed by atoms with E-state index in [0.29, 0.717) is 23.2 Å². The van der Waals surface area contributed by atoms with E-state index in [9.17, 15) is 4.79 Å². The zero-order chi connectivity index (χ0) is 14.8. The highest BCUT2D eigenvalue weighted by Crippen LogP contribution is 2.23. The van der Waals surface area contributed by atoms with E-state index in [4.69, 9.17) is 4.42 Å². The molecule has 112 valence electrons. The number of rotatable bonds is 3. The smallest absolute Gasteiger partial charge is 0.261 e. The van der Waals surface area contributed by atoms with Gasteiger partial charge in [-0.3, -0.25) is 10.1 Å². The third kappa shape index (κ3) is 2.82. The second-order valence-corrected chi connectivity index (χ2v) is 5.29. The van der Waals surface area contributed by atoms with Gasteiger partial charge in [-0.2, -0.15) is 10.1 Å². The van der Waals surface area contributed by atoms with Crippen LogP contribution in [-0.2, 0) is 7.05 Å². The van der Waals surface area contributed by atoms with E-state index in [1.807, 2.05) is 0 Å². The van der Waals surface area contributed by atoms with Crippen LogP contribution in [-0.4, -0.2) is 33.8 Å². The Morgan fingerprint density at radius 1 is 1.48 bits per heavy atom. The molecule has 0 aromatic carbocycles. The zero-order valence-corrected chi connectivity index (χ0v) is 12.2. The molecule has 0 unspecified atom stereocenters. The van der Waals surface area contributed by atoms with Gasteiger partial charge in [-0.25, -0.2) is 4.68 Å². The van der Waals surface area contributed by atoms with E-state index in [-0.39, 0.29) is 5.91 Å². The Bertz CT molecular complexity index is 640. The van der Waals surface area contributed by atoms with Gasteiger partial charge in [0.1, 0.15) is 5.76 Å². The summed E-state index contributed by atoms with van der Waals surface area (Å²) in [6, 6.07) is 1.65. The fourth-order valence-electron chi connectivity index (χ4n) is 2.56. The number of carbonyl (C=O) groups is 1. The van der Waals surface area contributed by atoms with Crippen molar-refractivity contribution in [1.29, 1.82) is 0 Å². The zero-order valence-electron chi connectivity index (χ0n) is 12.2. The van der Waals surface area contributed by atoms with Crippen LogP contribution in [0.3, 0.4) is 0 Å². The Morgan fingerprint density at radius 2 is 2.24 bits per heavy atom. The first-order valence-corrected chi connectivity index (χ1v) is 7.12. The van der Waals surface area contributed by atoms with Crippen LogP contribution in [0, 0.1) is 6.92 Å². The molecule has 0 aliphatic carbocycles. The summed E-state index contributed by atoms with van der Waals surface area (Å²) in [5, 5.41) is 10.5. The van der Waals surface area contributed by atoms with Gasteiger partial charge in [0.2, 0.25) is 5.95 Å². The average Bonchev–Trinajstić information content (AvgIpc) is 3.07. The van der Waals surface area contributed by atoms with E-state index in [1.54, 1.807) is 24.7 Å². The highest BCUT2D eigenvalue weighted by Gasteiger charge is 2.22. The third-order valence-corrected chi connectivity index (χ3v) is 3.81. The summed E-state index contributed by atoms with van der Waals surface area (Å²) in [6.07, 6.45) is 3.55. The molecule has 0 radical (unpaired) electrons. The van der Waals surface area contributed by atoms with Gasteiger partial charge in [-0.1, -0.05) is 0 Å². The number of nitrogens with one attached hydrogen (secondary N) is 2. The Balaban J connectivity index is 1.75. The van der Waals surface area contributed by atoms with Crippen molar-refractivity contribution in [3.05, 3.63) is 29.5 Å². The van der Waals surface area contributed by atoms with Crippen molar-refractivity contribution in [2.75, 3.05) is 18.4 Å². The number of furan rings is 1. The number of nitrogens with zero attached hydrogens (tertiary/aromatic N) is 3. The van der Waals surface area contributed by atoms with E-state index in [1.165, 1.54) is 6.26 Å². The quantitative estimate of drug-likeness (QED) is 0.893. The second kappa shape index (κ2) is 5.69. The maximum atomic E-state index is 12.2. The molecule has 7 heteroatoms. The first kappa shape index (κ1) is 13.8. The Hall–Kier alpha value is -2.15. The van der Waals surface area contributed by atoms with Gasteiger partial charge in [0.25, 0.3) is 5.91 Å². The largest absolute Gasteiger partial charge is 0.469 e. The lowest BCUT2D eigenvalue weighted by Gasteiger charge is -2.19. The highest BCUT2D eigenvalue weighted by molar-refractivity contribution is 6.04. The molecule has 1 amide bonds. The topological polar surface area (TPSA) is 85.0 Å². The van der Waals surface area contributed by atoms with E-state index < -0.39 is 0 Å². The molecule has 3 rings (SSSR count). The van der Waals surface area contributed by atoms with Crippen LogP contribution in [0.5, 0.6) is 0 Å². The number of carbonyl (C=O) groups excluding carboxylic acids is 1. The molecule has 3 heterocycles. The van der Waals surface area contributed by atoms with Crippen LogP contribution in [0.1, 0.15) is 40.7 Å². The molecule has 7 nitrogen and oxygen atoms in total. The van der Waals surface area contributed by atoms with E-state index in [0.717, 1.165) is 31.8 Å². The lowest BCUT2D eigenvalue weighted by Crippen LogP contribution is -2.27. The predicted octanol–water partition coefficient (Wildman–Crippen LogP) is 1.44. The Morgan fingerprint density at radius 3 is 2.90 bits per heavy atom. The molecule has 0 spiro atoms. The molecular weight excluding hydrogens is 270 g/mol. The lowest BCUT2D eigenvalue weighted by atomic mass is 9.98. The molecule has 2 N–H and O–H groups in total. The highest BCUT2D eigenvalue weighted by atomic mass is 16.3. The van der Waals surface area contributed by atoms with Crippen molar-refractivity contribution in [1.82, 2.24) is 20.1 Å². The van der Waals surface area contributed by atoms with Crippen molar-refractivity contribution >= 4 is 11.9 Å². The van der Waals surface area contributed by atoms with Crippen molar-refractivity contribution in [3.63, 3.8) is 0 Å². The molecule has 21 heavy (non-hydrogen) atoms. The Labute approximate surface area is 122 Å². The first-order chi connectivity index (χ1) is 10.1. The summed E-state index contributed by atoms with van der Waals surface area (Å²) >= 11 is 0. The molecule has 1 aliphatic rings. The maximum Gasteiger partial charge on any atom is 0.261 e. The summed E-state index contributed by atoms with van der Waals surface area (Å²) in [4.78, 5) is 16.6. The number of hydrogen-bond acceptors (Lipinski definition) is 5. The molecule has 2 aromatic heterocycles. The monoisotopic (exact) mass is 289 g/mol. The molecule has 1 aliphatic heterocycles. The molecule has 0 atom stereocenters. The van der Waals surface area contributed by atoms with Crippen LogP contribution in [0.2, 0.25) is 0 Å². The van der Waals surface area contributed by atoms with Crippen LogP contribution in [0.15, 0.2) is 16.7 Å². The standard InChI is InChI=1S/C14H19N5O2/c1-9-11(5-8-21-9)13(20)17-14-16-12(18-19(14)2)10-3-6-15-7-4-10/h5,8,10,15H,3-4,6-7H2,1-2H3,(H,16,17,18,20). The van der Waals surface area contributed by atoms with Gasteiger partial charge in [0, 0.05) is 13.0 Å². The second-order valence-electron chi connectivity index (χ2n) is 5.29. The number of amides is 1. The van der Waals surface area contributed by atoms with Gasteiger partial charge in [-0.05, 0) is 38.9 Å². The van der Waals surface area contributed by atoms with Crippen molar-refractivity contribution in [2.45, 2.75) is 25.7 Å². The third-order valence-electron chi connectivity index (χ3n) is 3.81. The number of piperidine rings is 1. The van der Waals surface area contributed by atoms with Crippen molar-refractivity contribution in [2.24, 2.45) is 7.05 Å². The van der Waals surface area contributed by atoms with Crippen LogP contribution in [0.25, 0.3) is 0 Å². The number of aromatic nitrogens is 3. The maximum absolute atomic E-state index is 12.2. The summed E-state index contributed by atoms with van der Waals surface area (Å²) in [7, 11) is 1.79. The summed E-state index contributed by atoms with van der Waals surface area (Å²) in [5.74, 6) is 1.99. The molecule has 1 saturated heterocycles. The predicted molar refractivity (Wildman–Crippen MR) is 77.2 cm³/mol. The summed E-state index contributed by atoms with van der Waals surface area (Å²) in [5.41, 5.74) is 0.515. The van der Waals surface area contributed by atoms with E-state index >= 15 is 0 Å². The minimum atomic E-state index is -0.228. The number of hydrogen-bond donors (Lipinski definition) is 2. The first-order valence-electron chi connectivity index (χ1n) is 7.12. The fourth-order valence-corrected chi connectivity index (χ4v) is 2.56. The lowest BCUT2D eigenvalue weighted by molar-refractivity contribution is 0.102. The summed E-state index contributed by atoms with van der Waals surface area (Å²) < 4.78 is 6.76. The SMILES string of the molecule is Cc1occc1C(=O)Nc1nc(C2CCNCC2)nn1C. The minimum absolute atomic E-state index is 0.228. The number of anilines is 1. The van der Waals surface area contributed by atoms with Crippen LogP contribution >= 0.6 is 0 Å². The Kier molecular flexibility index (Phi) is 3.74. The molecule has 0 saturated carbocycles. The van der Waals surface area contributed by atoms with Gasteiger partial charge in [-0.15, -0.1) is 0 Å².